The van der Waals surface area contributed by atoms with E-state index in [1.165, 1.54) is 0 Å². The monoisotopic (exact) mass is 316 g/mol. The molecule has 0 aliphatic carbocycles. The van der Waals surface area contributed by atoms with Crippen molar-refractivity contribution >= 4 is 5.97 Å². The number of carboxylic acid groups (broad SMARTS) is 1. The van der Waals surface area contributed by atoms with Gasteiger partial charge in [0.1, 0.15) is 24.2 Å². The first-order valence-electron chi connectivity index (χ1n) is 7.82. The molecule has 0 spiro atoms. The highest BCUT2D eigenvalue weighted by Crippen LogP contribution is 2.26. The molecule has 2 heterocycles. The van der Waals surface area contributed by atoms with Crippen LogP contribution < -0.4 is 4.74 Å². The standard InChI is InChI=1S/C17H20N2O4/c20-17(21)14-3-1-2-4-16(14)22-12-10-19-8-5-13(6-9-19)15-7-11-23-18-15/h1-4,7,11,13H,5-6,8-10,12H2,(H,20,21). The van der Waals surface area contributed by atoms with E-state index in [-0.39, 0.29) is 5.56 Å². The van der Waals surface area contributed by atoms with Crippen LogP contribution in [0.25, 0.3) is 0 Å². The van der Waals surface area contributed by atoms with Gasteiger partial charge < -0.3 is 14.4 Å². The van der Waals surface area contributed by atoms with E-state index in [0.717, 1.165) is 38.2 Å². The Hall–Kier alpha value is -2.34. The van der Waals surface area contributed by atoms with Gasteiger partial charge in [0.15, 0.2) is 0 Å². The molecule has 0 unspecified atom stereocenters. The number of hydrogen-bond acceptors (Lipinski definition) is 5. The van der Waals surface area contributed by atoms with Gasteiger partial charge in [0, 0.05) is 18.5 Å². The Bertz CT molecular complexity index is 634. The highest BCUT2D eigenvalue weighted by molar-refractivity contribution is 5.90. The fraction of sp³-hybridized carbons (Fsp3) is 0.412. The molecule has 1 saturated heterocycles. The quantitative estimate of drug-likeness (QED) is 0.883. The van der Waals surface area contributed by atoms with Crippen LogP contribution in [0.15, 0.2) is 41.1 Å². The summed E-state index contributed by atoms with van der Waals surface area (Å²) in [5.74, 6) is -0.0647. The van der Waals surface area contributed by atoms with Crippen LogP contribution in [0.2, 0.25) is 0 Å². The summed E-state index contributed by atoms with van der Waals surface area (Å²) in [5.41, 5.74) is 1.24. The minimum atomic E-state index is -0.964. The second-order valence-electron chi connectivity index (χ2n) is 5.69. The summed E-state index contributed by atoms with van der Waals surface area (Å²) < 4.78 is 10.6. The third-order valence-corrected chi connectivity index (χ3v) is 4.25. The van der Waals surface area contributed by atoms with Gasteiger partial charge in [-0.15, -0.1) is 0 Å². The summed E-state index contributed by atoms with van der Waals surface area (Å²) in [6.07, 6.45) is 3.73. The van der Waals surface area contributed by atoms with E-state index in [9.17, 15) is 4.79 Å². The van der Waals surface area contributed by atoms with E-state index in [4.69, 9.17) is 14.4 Å². The van der Waals surface area contributed by atoms with Crippen LogP contribution in [0.1, 0.15) is 34.8 Å². The number of aromatic carboxylic acids is 1. The van der Waals surface area contributed by atoms with Gasteiger partial charge in [-0.25, -0.2) is 4.79 Å². The van der Waals surface area contributed by atoms with Crippen molar-refractivity contribution in [3.05, 3.63) is 47.9 Å². The zero-order valence-corrected chi connectivity index (χ0v) is 12.9. The summed E-state index contributed by atoms with van der Waals surface area (Å²) in [4.78, 5) is 13.5. The topological polar surface area (TPSA) is 75.8 Å². The van der Waals surface area contributed by atoms with Crippen molar-refractivity contribution in [2.75, 3.05) is 26.2 Å². The number of para-hydroxylation sites is 1. The molecule has 0 bridgehead atoms. The predicted molar refractivity (Wildman–Crippen MR) is 83.8 cm³/mol. The third-order valence-electron chi connectivity index (χ3n) is 4.25. The Morgan fingerprint density at radius 1 is 1.30 bits per heavy atom. The molecule has 1 aliphatic rings. The molecule has 6 nitrogen and oxygen atoms in total. The minimum Gasteiger partial charge on any atom is -0.491 e. The normalized spacial score (nSPS) is 16.3. The fourth-order valence-electron chi connectivity index (χ4n) is 2.94. The average Bonchev–Trinajstić information content (AvgIpc) is 3.10. The van der Waals surface area contributed by atoms with Gasteiger partial charge in [-0.2, -0.15) is 0 Å². The number of carboxylic acids is 1. The molecule has 1 aliphatic heterocycles. The lowest BCUT2D eigenvalue weighted by atomic mass is 9.94. The maximum atomic E-state index is 11.1. The van der Waals surface area contributed by atoms with Crippen LogP contribution >= 0.6 is 0 Å². The summed E-state index contributed by atoms with van der Waals surface area (Å²) in [5, 5.41) is 13.1. The molecule has 23 heavy (non-hydrogen) atoms. The molecule has 122 valence electrons. The summed E-state index contributed by atoms with van der Waals surface area (Å²) in [7, 11) is 0. The van der Waals surface area contributed by atoms with Crippen LogP contribution in [0.3, 0.4) is 0 Å². The largest absolute Gasteiger partial charge is 0.491 e. The first-order valence-corrected chi connectivity index (χ1v) is 7.82. The highest BCUT2D eigenvalue weighted by Gasteiger charge is 2.22. The van der Waals surface area contributed by atoms with E-state index in [1.807, 2.05) is 6.07 Å². The zero-order chi connectivity index (χ0) is 16.1. The number of aromatic nitrogens is 1. The molecule has 0 radical (unpaired) electrons. The van der Waals surface area contributed by atoms with E-state index in [2.05, 4.69) is 10.1 Å². The van der Waals surface area contributed by atoms with Crippen LogP contribution in [0, 0.1) is 0 Å². The van der Waals surface area contributed by atoms with Crippen LogP contribution in [0.4, 0.5) is 0 Å². The smallest absolute Gasteiger partial charge is 0.339 e. The maximum Gasteiger partial charge on any atom is 0.339 e. The van der Waals surface area contributed by atoms with Gasteiger partial charge in [-0.3, -0.25) is 4.90 Å². The number of rotatable bonds is 6. The summed E-state index contributed by atoms with van der Waals surface area (Å²) in [6, 6.07) is 8.67. The van der Waals surface area contributed by atoms with Gasteiger partial charge in [-0.1, -0.05) is 17.3 Å². The molecule has 0 saturated carbocycles. The molecule has 1 aromatic carbocycles. The van der Waals surface area contributed by atoms with Crippen LogP contribution in [0.5, 0.6) is 5.75 Å². The van der Waals surface area contributed by atoms with E-state index < -0.39 is 5.97 Å². The number of nitrogens with zero attached hydrogens (tertiary/aromatic N) is 2. The number of hydrogen-bond donors (Lipinski definition) is 1. The number of benzene rings is 1. The molecular weight excluding hydrogens is 296 g/mol. The Balaban J connectivity index is 1.45. The molecule has 3 rings (SSSR count). The number of carbonyl (C=O) groups is 1. The lowest BCUT2D eigenvalue weighted by molar-refractivity contribution is 0.0691. The molecule has 1 N–H and O–H groups in total. The van der Waals surface area contributed by atoms with Crippen molar-refractivity contribution < 1.29 is 19.2 Å². The van der Waals surface area contributed by atoms with Crippen LogP contribution in [-0.4, -0.2) is 47.4 Å². The summed E-state index contributed by atoms with van der Waals surface area (Å²) in [6.45, 7) is 3.25. The highest BCUT2D eigenvalue weighted by atomic mass is 16.5. The lowest BCUT2D eigenvalue weighted by Crippen LogP contribution is -2.36. The lowest BCUT2D eigenvalue weighted by Gasteiger charge is -2.30. The van der Waals surface area contributed by atoms with Crippen molar-refractivity contribution in [1.29, 1.82) is 0 Å². The predicted octanol–water partition coefficient (Wildman–Crippen LogP) is 2.63. The second kappa shape index (κ2) is 7.28. The molecule has 1 aromatic heterocycles. The third kappa shape index (κ3) is 3.90. The molecule has 0 atom stereocenters. The molecule has 0 amide bonds. The summed E-state index contributed by atoms with van der Waals surface area (Å²) >= 11 is 0. The number of likely N-dealkylation sites (tertiary alicyclic amines) is 1. The maximum absolute atomic E-state index is 11.1. The van der Waals surface area contributed by atoms with Gasteiger partial charge >= 0.3 is 5.97 Å². The SMILES string of the molecule is O=C(O)c1ccccc1OCCN1CCC(c2ccon2)CC1. The first-order chi connectivity index (χ1) is 11.2. The first kappa shape index (κ1) is 15.6. The van der Waals surface area contributed by atoms with Crippen molar-refractivity contribution in [3.63, 3.8) is 0 Å². The molecule has 1 fully saturated rings. The Morgan fingerprint density at radius 2 is 2.09 bits per heavy atom. The van der Waals surface area contributed by atoms with Crippen molar-refractivity contribution in [3.8, 4) is 5.75 Å². The fourth-order valence-corrected chi connectivity index (χ4v) is 2.94. The van der Waals surface area contributed by atoms with Gasteiger partial charge in [0.05, 0.1) is 5.69 Å². The van der Waals surface area contributed by atoms with Gasteiger partial charge in [0.25, 0.3) is 0 Å². The minimum absolute atomic E-state index is 0.206. The van der Waals surface area contributed by atoms with Gasteiger partial charge in [-0.05, 0) is 38.1 Å². The van der Waals surface area contributed by atoms with Crippen molar-refractivity contribution in [2.24, 2.45) is 0 Å². The Kier molecular flexibility index (Phi) is 4.92. The molecule has 6 heteroatoms. The number of piperidine rings is 1. The van der Waals surface area contributed by atoms with Crippen molar-refractivity contribution in [1.82, 2.24) is 10.1 Å². The second-order valence-corrected chi connectivity index (χ2v) is 5.69. The number of ether oxygens (including phenoxy) is 1. The van der Waals surface area contributed by atoms with Gasteiger partial charge in [0.2, 0.25) is 0 Å². The molecular formula is C17H20N2O4. The average molecular weight is 316 g/mol. The molecule has 2 aromatic rings. The van der Waals surface area contributed by atoms with Crippen molar-refractivity contribution in [2.45, 2.75) is 18.8 Å². The van der Waals surface area contributed by atoms with E-state index in [0.29, 0.717) is 18.3 Å². The van der Waals surface area contributed by atoms with Crippen LogP contribution in [-0.2, 0) is 0 Å². The Morgan fingerprint density at radius 3 is 2.78 bits per heavy atom. The van der Waals surface area contributed by atoms with E-state index in [1.54, 1.807) is 30.5 Å². The van der Waals surface area contributed by atoms with E-state index >= 15 is 0 Å². The zero-order valence-electron chi connectivity index (χ0n) is 12.9. The Labute approximate surface area is 134 Å².